The van der Waals surface area contributed by atoms with Gasteiger partial charge in [-0.2, -0.15) is 0 Å². The Morgan fingerprint density at radius 2 is 1.08 bits per heavy atom. The van der Waals surface area contributed by atoms with E-state index in [2.05, 4.69) is 152 Å². The van der Waals surface area contributed by atoms with Crippen LogP contribution >= 0.6 is 11.3 Å². The second kappa shape index (κ2) is 12.7. The third-order valence-corrected chi connectivity index (χ3v) is 9.93. The molecule has 2 nitrogen and oxygen atoms in total. The molecule has 0 atom stereocenters. The number of thiophene rings is 1. The van der Waals surface area contributed by atoms with Crippen LogP contribution in [0.3, 0.4) is 0 Å². The van der Waals surface area contributed by atoms with E-state index in [-0.39, 0.29) is 0 Å². The first-order valence-electron chi connectivity index (χ1n) is 16.1. The number of hydrogen-bond donors (Lipinski definition) is 0. The van der Waals surface area contributed by atoms with E-state index in [1.54, 1.807) is 11.3 Å². The van der Waals surface area contributed by atoms with Crippen LogP contribution in [0.1, 0.15) is 12.5 Å². The predicted molar refractivity (Wildman–Crippen MR) is 206 cm³/mol. The highest BCUT2D eigenvalue weighted by molar-refractivity contribution is 7.26. The molecular weight excluding hydrogens is 601 g/mol. The van der Waals surface area contributed by atoms with Crippen molar-refractivity contribution < 1.29 is 0 Å². The van der Waals surface area contributed by atoms with E-state index in [1.165, 1.54) is 27.0 Å². The third-order valence-electron chi connectivity index (χ3n) is 8.76. The lowest BCUT2D eigenvalue weighted by Crippen LogP contribution is -1.94. The zero-order valence-corrected chi connectivity index (χ0v) is 27.4. The molecule has 0 N–H and O–H groups in total. The maximum absolute atomic E-state index is 5.26. The largest absolute Gasteiger partial charge is 0.226 e. The molecular formula is C45H32N2S. The second-order valence-corrected chi connectivity index (χ2v) is 12.9. The first-order valence-corrected chi connectivity index (χ1v) is 16.9. The molecule has 0 saturated carbocycles. The molecule has 0 spiro atoms. The Kier molecular flexibility index (Phi) is 7.81. The highest BCUT2D eigenvalue weighted by atomic mass is 32.1. The van der Waals surface area contributed by atoms with Gasteiger partial charge in [-0.25, -0.2) is 9.97 Å². The van der Waals surface area contributed by atoms with E-state index in [0.29, 0.717) is 0 Å². The molecule has 6 aromatic carbocycles. The van der Waals surface area contributed by atoms with Crippen LogP contribution in [0.2, 0.25) is 0 Å². The average Bonchev–Trinajstić information content (AvgIpc) is 3.54. The minimum Gasteiger partial charge on any atom is -0.226 e. The summed E-state index contributed by atoms with van der Waals surface area (Å²) in [5.74, 6) is 0.725. The van der Waals surface area contributed by atoms with E-state index < -0.39 is 0 Å². The quantitative estimate of drug-likeness (QED) is 0.163. The first kappa shape index (κ1) is 29.5. The number of aromatic nitrogens is 2. The zero-order valence-electron chi connectivity index (χ0n) is 26.6. The second-order valence-electron chi connectivity index (χ2n) is 11.9. The minimum absolute atomic E-state index is 0.725. The molecule has 8 rings (SSSR count). The fourth-order valence-corrected chi connectivity index (χ4v) is 7.41. The topological polar surface area (TPSA) is 25.8 Å². The molecule has 0 fully saturated rings. The van der Waals surface area contributed by atoms with Crippen LogP contribution in [0, 0.1) is 0 Å². The van der Waals surface area contributed by atoms with E-state index in [0.717, 1.165) is 60.5 Å². The molecule has 0 aliphatic carbocycles. The Morgan fingerprint density at radius 3 is 1.81 bits per heavy atom. The molecule has 0 aliphatic heterocycles. The van der Waals surface area contributed by atoms with Gasteiger partial charge in [0.1, 0.15) is 0 Å². The maximum Gasteiger partial charge on any atom is 0.160 e. The van der Waals surface area contributed by atoms with Gasteiger partial charge in [-0.3, -0.25) is 0 Å². The molecule has 8 aromatic rings. The van der Waals surface area contributed by atoms with Crippen molar-refractivity contribution in [2.24, 2.45) is 0 Å². The highest BCUT2D eigenvalue weighted by Crippen LogP contribution is 2.40. The molecule has 0 amide bonds. The van der Waals surface area contributed by atoms with E-state index >= 15 is 0 Å². The first-order chi connectivity index (χ1) is 23.6. The van der Waals surface area contributed by atoms with Crippen molar-refractivity contribution in [3.63, 3.8) is 0 Å². The van der Waals surface area contributed by atoms with Crippen LogP contribution in [0.5, 0.6) is 0 Å². The standard InChI is InChI=1S/C45H32N2S/c1-3-11-30(2)31-20-22-34(23-21-31)36-14-9-15-37(28-36)38-16-10-17-39(29-38)45-46-42(44-43(47-45)40-18-7-8-19-41(40)48-44)35-26-24-33(25-27-35)32-12-5-4-6-13-32/h3-29H,2H2,1H3/b11-3-. The molecule has 2 heterocycles. The lowest BCUT2D eigenvalue weighted by atomic mass is 9.96. The van der Waals surface area contributed by atoms with Crippen molar-refractivity contribution in [2.45, 2.75) is 6.92 Å². The van der Waals surface area contributed by atoms with Gasteiger partial charge < -0.3 is 0 Å². The SMILES string of the molecule is C=C(/C=C\C)c1ccc(-c2cccc(-c3cccc(-c4nc(-c5ccc(-c6ccccc6)cc5)c5sc6ccccc6c5n4)c3)c2)cc1. The maximum atomic E-state index is 5.26. The van der Waals surface area contributed by atoms with Crippen molar-refractivity contribution >= 4 is 37.2 Å². The number of nitrogens with zero attached hydrogens (tertiary/aromatic N) is 2. The molecule has 0 unspecified atom stereocenters. The van der Waals surface area contributed by atoms with Gasteiger partial charge in [-0.05, 0) is 69.6 Å². The minimum atomic E-state index is 0.725. The van der Waals surface area contributed by atoms with Gasteiger partial charge in [0.15, 0.2) is 5.82 Å². The summed E-state index contributed by atoms with van der Waals surface area (Å²) < 4.78 is 2.32. The van der Waals surface area contributed by atoms with Crippen molar-refractivity contribution in [2.75, 3.05) is 0 Å². The molecule has 0 radical (unpaired) electrons. The summed E-state index contributed by atoms with van der Waals surface area (Å²) >= 11 is 1.76. The lowest BCUT2D eigenvalue weighted by molar-refractivity contribution is 1.24. The smallest absolute Gasteiger partial charge is 0.160 e. The summed E-state index contributed by atoms with van der Waals surface area (Å²) in [5, 5.41) is 1.16. The van der Waals surface area contributed by atoms with Gasteiger partial charge in [0, 0.05) is 21.2 Å². The normalized spacial score (nSPS) is 11.4. The van der Waals surface area contributed by atoms with Gasteiger partial charge in [0.25, 0.3) is 0 Å². The van der Waals surface area contributed by atoms with Crippen LogP contribution in [0.4, 0.5) is 0 Å². The van der Waals surface area contributed by atoms with Crippen molar-refractivity contribution in [1.29, 1.82) is 0 Å². The Hall–Kier alpha value is -5.90. The molecule has 0 aliphatic rings. The van der Waals surface area contributed by atoms with Gasteiger partial charge >= 0.3 is 0 Å². The van der Waals surface area contributed by atoms with Crippen molar-refractivity contribution in [3.05, 3.63) is 176 Å². The Balaban J connectivity index is 1.19. The lowest BCUT2D eigenvalue weighted by Gasteiger charge is -2.10. The monoisotopic (exact) mass is 632 g/mol. The van der Waals surface area contributed by atoms with E-state index in [9.17, 15) is 0 Å². The summed E-state index contributed by atoms with van der Waals surface area (Å²) in [4.78, 5) is 10.5. The number of benzene rings is 6. The number of hydrogen-bond acceptors (Lipinski definition) is 3. The van der Waals surface area contributed by atoms with E-state index in [1.807, 2.05) is 25.1 Å². The Labute approximate surface area is 285 Å². The molecule has 0 saturated heterocycles. The van der Waals surface area contributed by atoms with Gasteiger partial charge in [0.2, 0.25) is 0 Å². The zero-order chi connectivity index (χ0) is 32.5. The van der Waals surface area contributed by atoms with Crippen LogP contribution < -0.4 is 0 Å². The molecule has 2 aromatic heterocycles. The average molecular weight is 633 g/mol. The molecule has 0 bridgehead atoms. The fourth-order valence-electron chi connectivity index (χ4n) is 6.26. The number of fused-ring (bicyclic) bond motifs is 3. The molecule has 48 heavy (non-hydrogen) atoms. The van der Waals surface area contributed by atoms with Gasteiger partial charge in [0.05, 0.1) is 15.9 Å². The summed E-state index contributed by atoms with van der Waals surface area (Å²) in [6, 6.07) is 53.7. The number of allylic oxidation sites excluding steroid dienone is 3. The summed E-state index contributed by atoms with van der Waals surface area (Å²) in [6.07, 6.45) is 4.05. The summed E-state index contributed by atoms with van der Waals surface area (Å²) in [7, 11) is 0. The van der Waals surface area contributed by atoms with Gasteiger partial charge in [-0.15, -0.1) is 11.3 Å². The summed E-state index contributed by atoms with van der Waals surface area (Å²) in [6.45, 7) is 6.19. The van der Waals surface area contributed by atoms with Crippen LogP contribution in [0.15, 0.2) is 170 Å². The van der Waals surface area contributed by atoms with E-state index in [4.69, 9.17) is 9.97 Å². The predicted octanol–water partition coefficient (Wildman–Crippen LogP) is 12.8. The fraction of sp³-hybridized carbons (Fsp3) is 0.0222. The van der Waals surface area contributed by atoms with Crippen LogP contribution in [-0.4, -0.2) is 9.97 Å². The van der Waals surface area contributed by atoms with Gasteiger partial charge in [-0.1, -0.05) is 152 Å². The summed E-state index contributed by atoms with van der Waals surface area (Å²) in [5.41, 5.74) is 13.2. The third kappa shape index (κ3) is 5.66. The van der Waals surface area contributed by atoms with Crippen molar-refractivity contribution in [3.8, 4) is 56.0 Å². The van der Waals surface area contributed by atoms with Crippen LogP contribution in [0.25, 0.3) is 81.9 Å². The molecule has 228 valence electrons. The Morgan fingerprint density at radius 1 is 0.542 bits per heavy atom. The highest BCUT2D eigenvalue weighted by Gasteiger charge is 2.17. The van der Waals surface area contributed by atoms with Crippen LogP contribution in [-0.2, 0) is 0 Å². The van der Waals surface area contributed by atoms with Crippen molar-refractivity contribution in [1.82, 2.24) is 9.97 Å². The molecule has 3 heteroatoms. The number of rotatable bonds is 7. The Bertz CT molecular complexity index is 2450.